The molecule has 0 bridgehead atoms. The number of rotatable bonds is 3. The number of hydrogen-bond donors (Lipinski definition) is 2. The van der Waals surface area contributed by atoms with Crippen LogP contribution in [0.1, 0.15) is 39.6 Å². The van der Waals surface area contributed by atoms with Crippen LogP contribution in [0.25, 0.3) is 0 Å². The number of carboxylic acid groups (broad SMARTS) is 1. The molecule has 0 aliphatic heterocycles. The first kappa shape index (κ1) is 12.8. The number of benzene rings is 1. The molecule has 1 atom stereocenters. The highest BCUT2D eigenvalue weighted by molar-refractivity contribution is 5.86. The molecule has 0 radical (unpaired) electrons. The number of hydrogen-bond acceptors (Lipinski definition) is 1. The summed E-state index contributed by atoms with van der Waals surface area (Å²) in [5.74, 6) is -2.53. The molecule has 1 aliphatic rings. The second-order valence-electron chi connectivity index (χ2n) is 5.11. The molecule has 0 saturated heterocycles. The Morgan fingerprint density at radius 3 is 2.80 bits per heavy atom. The van der Waals surface area contributed by atoms with E-state index in [4.69, 9.17) is 5.11 Å². The van der Waals surface area contributed by atoms with Gasteiger partial charge in [0.25, 0.3) is 0 Å². The first-order valence-corrected chi connectivity index (χ1v) is 6.43. The van der Waals surface area contributed by atoms with E-state index in [0.29, 0.717) is 6.42 Å². The number of fused-ring (bicyclic) bond motifs is 1. The maximum Gasteiger partial charge on any atom is 0.352 e. The monoisotopic (exact) mass is 277 g/mol. The Bertz CT molecular complexity index is 679. The van der Waals surface area contributed by atoms with Gasteiger partial charge >= 0.3 is 5.97 Å². The molecule has 2 N–H and O–H groups in total. The molecule has 0 amide bonds. The van der Waals surface area contributed by atoms with Crippen molar-refractivity contribution in [2.45, 2.75) is 25.2 Å². The van der Waals surface area contributed by atoms with Gasteiger partial charge in [0.2, 0.25) is 0 Å². The number of H-pyrrole nitrogens is 1. The van der Waals surface area contributed by atoms with Gasteiger partial charge in [-0.25, -0.2) is 13.6 Å². The van der Waals surface area contributed by atoms with Gasteiger partial charge in [-0.1, -0.05) is 6.07 Å². The van der Waals surface area contributed by atoms with Crippen molar-refractivity contribution in [1.82, 2.24) is 4.98 Å². The van der Waals surface area contributed by atoms with Crippen LogP contribution >= 0.6 is 0 Å². The highest BCUT2D eigenvalue weighted by Crippen LogP contribution is 2.36. The van der Waals surface area contributed by atoms with Crippen molar-refractivity contribution < 1.29 is 18.7 Å². The SMILES string of the molecule is O=C(O)c1cc2c([nH]1)CCC2Cc1ccc(F)c(F)c1. The van der Waals surface area contributed by atoms with E-state index in [9.17, 15) is 13.6 Å². The van der Waals surface area contributed by atoms with Gasteiger partial charge in [0.15, 0.2) is 11.6 Å². The van der Waals surface area contributed by atoms with E-state index >= 15 is 0 Å². The maximum absolute atomic E-state index is 13.2. The summed E-state index contributed by atoms with van der Waals surface area (Å²) in [6.07, 6.45) is 2.26. The number of aromatic amines is 1. The normalized spacial score (nSPS) is 17.2. The smallest absolute Gasteiger partial charge is 0.352 e. The lowest BCUT2D eigenvalue weighted by Gasteiger charge is -2.10. The fourth-order valence-corrected chi connectivity index (χ4v) is 2.84. The number of nitrogens with one attached hydrogen (secondary N) is 1. The summed E-state index contributed by atoms with van der Waals surface area (Å²) in [4.78, 5) is 13.8. The second-order valence-corrected chi connectivity index (χ2v) is 5.11. The van der Waals surface area contributed by atoms with Gasteiger partial charge < -0.3 is 10.1 Å². The molecule has 3 nitrogen and oxygen atoms in total. The number of halogens is 2. The van der Waals surface area contributed by atoms with Gasteiger partial charge in [-0.3, -0.25) is 0 Å². The molecule has 1 heterocycles. The second kappa shape index (κ2) is 4.74. The summed E-state index contributed by atoms with van der Waals surface area (Å²) >= 11 is 0. The molecule has 104 valence electrons. The Morgan fingerprint density at radius 1 is 1.30 bits per heavy atom. The van der Waals surface area contributed by atoms with Crippen molar-refractivity contribution in [1.29, 1.82) is 0 Å². The fourth-order valence-electron chi connectivity index (χ4n) is 2.84. The summed E-state index contributed by atoms with van der Waals surface area (Å²) in [5, 5.41) is 8.96. The van der Waals surface area contributed by atoms with E-state index in [0.717, 1.165) is 35.7 Å². The Morgan fingerprint density at radius 2 is 2.10 bits per heavy atom. The van der Waals surface area contributed by atoms with Gasteiger partial charge in [-0.2, -0.15) is 0 Å². The summed E-state index contributed by atoms with van der Waals surface area (Å²) in [6.45, 7) is 0. The van der Waals surface area contributed by atoms with Crippen molar-refractivity contribution >= 4 is 5.97 Å². The minimum Gasteiger partial charge on any atom is -0.477 e. The van der Waals surface area contributed by atoms with Crippen LogP contribution < -0.4 is 0 Å². The average Bonchev–Trinajstić information content (AvgIpc) is 2.96. The number of aryl methyl sites for hydroxylation is 1. The molecule has 0 saturated carbocycles. The topological polar surface area (TPSA) is 53.1 Å². The third-order valence-corrected chi connectivity index (χ3v) is 3.81. The molecule has 0 fully saturated rings. The molecule has 1 aromatic carbocycles. The molecule has 20 heavy (non-hydrogen) atoms. The molecule has 2 aromatic rings. The third kappa shape index (κ3) is 2.19. The number of carboxylic acids is 1. The van der Waals surface area contributed by atoms with Crippen LogP contribution in [0.3, 0.4) is 0 Å². The van der Waals surface area contributed by atoms with E-state index < -0.39 is 17.6 Å². The Balaban J connectivity index is 1.83. The molecule has 3 rings (SSSR count). The zero-order valence-electron chi connectivity index (χ0n) is 10.6. The van der Waals surface area contributed by atoms with Crippen molar-refractivity contribution in [3.05, 3.63) is 58.4 Å². The predicted molar refractivity (Wildman–Crippen MR) is 68.9 cm³/mol. The molecule has 1 aromatic heterocycles. The van der Waals surface area contributed by atoms with Gasteiger partial charge in [-0.15, -0.1) is 0 Å². The van der Waals surface area contributed by atoms with Crippen molar-refractivity contribution in [3.63, 3.8) is 0 Å². The lowest BCUT2D eigenvalue weighted by Crippen LogP contribution is -2.00. The quantitative estimate of drug-likeness (QED) is 0.904. The lowest BCUT2D eigenvalue weighted by molar-refractivity contribution is 0.0691. The summed E-state index contributed by atoms with van der Waals surface area (Å²) in [7, 11) is 0. The summed E-state index contributed by atoms with van der Waals surface area (Å²) in [6, 6.07) is 5.55. The molecular weight excluding hydrogens is 264 g/mol. The number of aromatic nitrogens is 1. The minimum atomic E-state index is -0.981. The van der Waals surface area contributed by atoms with Crippen molar-refractivity contribution in [2.75, 3.05) is 0 Å². The van der Waals surface area contributed by atoms with E-state index in [-0.39, 0.29) is 11.6 Å². The molecule has 5 heteroatoms. The first-order chi connectivity index (χ1) is 9.54. The Kier molecular flexibility index (Phi) is 3.04. The zero-order valence-corrected chi connectivity index (χ0v) is 10.6. The van der Waals surface area contributed by atoms with Crippen molar-refractivity contribution in [3.8, 4) is 0 Å². The molecule has 0 spiro atoms. The van der Waals surface area contributed by atoms with Crippen LogP contribution in [0.5, 0.6) is 0 Å². The van der Waals surface area contributed by atoms with Gasteiger partial charge in [0, 0.05) is 5.69 Å². The molecule has 1 unspecified atom stereocenters. The third-order valence-electron chi connectivity index (χ3n) is 3.81. The van der Waals surface area contributed by atoms with E-state index in [1.165, 1.54) is 6.07 Å². The van der Waals surface area contributed by atoms with Gasteiger partial charge in [0.05, 0.1) is 0 Å². The number of aromatic carboxylic acids is 1. The van der Waals surface area contributed by atoms with Crippen LogP contribution in [0.4, 0.5) is 8.78 Å². The Labute approximate surface area is 114 Å². The highest BCUT2D eigenvalue weighted by Gasteiger charge is 2.26. The summed E-state index contributed by atoms with van der Waals surface area (Å²) < 4.78 is 26.1. The van der Waals surface area contributed by atoms with Gasteiger partial charge in [-0.05, 0) is 54.5 Å². The predicted octanol–water partition coefficient (Wildman–Crippen LogP) is 3.26. The molecule has 1 aliphatic carbocycles. The van der Waals surface area contributed by atoms with Crippen LogP contribution in [-0.2, 0) is 12.8 Å². The summed E-state index contributed by atoms with van der Waals surface area (Å²) in [5.41, 5.74) is 2.83. The van der Waals surface area contributed by atoms with E-state index in [1.54, 1.807) is 12.1 Å². The van der Waals surface area contributed by atoms with Crippen LogP contribution in [0.2, 0.25) is 0 Å². The number of carbonyl (C=O) groups is 1. The maximum atomic E-state index is 13.2. The van der Waals surface area contributed by atoms with E-state index in [1.807, 2.05) is 0 Å². The highest BCUT2D eigenvalue weighted by atomic mass is 19.2. The first-order valence-electron chi connectivity index (χ1n) is 6.43. The molecular formula is C15H13F2NO2. The van der Waals surface area contributed by atoms with Crippen LogP contribution in [-0.4, -0.2) is 16.1 Å². The Hall–Kier alpha value is -2.17. The largest absolute Gasteiger partial charge is 0.477 e. The minimum absolute atomic E-state index is 0.152. The van der Waals surface area contributed by atoms with Crippen molar-refractivity contribution in [2.24, 2.45) is 0 Å². The average molecular weight is 277 g/mol. The lowest BCUT2D eigenvalue weighted by atomic mass is 9.94. The fraction of sp³-hybridized carbons (Fsp3) is 0.267. The van der Waals surface area contributed by atoms with E-state index in [2.05, 4.69) is 4.98 Å². The standard InChI is InChI=1S/C15H13F2NO2/c16-11-3-1-8(6-12(11)17)5-9-2-4-13-10(9)7-14(18-13)15(19)20/h1,3,6-7,9,18H,2,4-5H2,(H,19,20). The van der Waals surface area contributed by atoms with Gasteiger partial charge in [0.1, 0.15) is 5.69 Å². The van der Waals surface area contributed by atoms with Crippen LogP contribution in [0.15, 0.2) is 24.3 Å². The zero-order chi connectivity index (χ0) is 14.3. The van der Waals surface area contributed by atoms with Crippen LogP contribution in [0, 0.1) is 11.6 Å².